The maximum Gasteiger partial charge on any atom is 0.307 e. The summed E-state index contributed by atoms with van der Waals surface area (Å²) < 4.78 is 13.1. The molecule has 4 atom stereocenters. The summed E-state index contributed by atoms with van der Waals surface area (Å²) in [5, 5.41) is 11.9. The molecule has 110 valence electrons. The van der Waals surface area contributed by atoms with Crippen LogP contribution in [0.2, 0.25) is 5.02 Å². The number of hydrogen-bond acceptors (Lipinski definition) is 2. The van der Waals surface area contributed by atoms with Gasteiger partial charge in [0.2, 0.25) is 5.91 Å². The van der Waals surface area contributed by atoms with Crippen LogP contribution in [0.15, 0.2) is 30.4 Å². The molecule has 1 aromatic rings. The molecule has 2 bridgehead atoms. The number of carboxylic acids is 1. The summed E-state index contributed by atoms with van der Waals surface area (Å²) in [5.74, 6) is -3.31. The van der Waals surface area contributed by atoms with E-state index in [0.29, 0.717) is 12.1 Å². The SMILES string of the molecule is O=C(O)C1C2C=CC(C2)C1C(=O)Nc1ccc(F)c(Cl)c1. The molecule has 4 nitrogen and oxygen atoms in total. The number of carbonyl (C=O) groups excluding carboxylic acids is 1. The van der Waals surface area contributed by atoms with Crippen LogP contribution < -0.4 is 5.32 Å². The second-order valence-corrected chi connectivity index (χ2v) is 5.86. The monoisotopic (exact) mass is 309 g/mol. The van der Waals surface area contributed by atoms with Crippen molar-refractivity contribution >= 4 is 29.2 Å². The quantitative estimate of drug-likeness (QED) is 0.844. The minimum Gasteiger partial charge on any atom is -0.481 e. The average molecular weight is 310 g/mol. The number of carboxylic acid groups (broad SMARTS) is 1. The first kappa shape index (κ1) is 14.1. The number of allylic oxidation sites excluding steroid dienone is 2. The van der Waals surface area contributed by atoms with Crippen LogP contribution in [0.25, 0.3) is 0 Å². The van der Waals surface area contributed by atoms with E-state index in [9.17, 15) is 19.1 Å². The van der Waals surface area contributed by atoms with Gasteiger partial charge in [-0.3, -0.25) is 9.59 Å². The van der Waals surface area contributed by atoms with E-state index in [-0.39, 0.29) is 22.8 Å². The van der Waals surface area contributed by atoms with Crippen molar-refractivity contribution in [3.8, 4) is 0 Å². The number of aliphatic carboxylic acids is 1. The Morgan fingerprint density at radius 1 is 1.24 bits per heavy atom. The number of rotatable bonds is 3. The first-order valence-electron chi connectivity index (χ1n) is 6.64. The highest BCUT2D eigenvalue weighted by Gasteiger charge is 2.51. The summed E-state index contributed by atoms with van der Waals surface area (Å²) in [4.78, 5) is 23.7. The smallest absolute Gasteiger partial charge is 0.307 e. The van der Waals surface area contributed by atoms with E-state index in [2.05, 4.69) is 5.32 Å². The van der Waals surface area contributed by atoms with Crippen molar-refractivity contribution in [3.63, 3.8) is 0 Å². The van der Waals surface area contributed by atoms with E-state index in [1.165, 1.54) is 12.1 Å². The van der Waals surface area contributed by atoms with Crippen LogP contribution in [0.3, 0.4) is 0 Å². The summed E-state index contributed by atoms with van der Waals surface area (Å²) in [7, 11) is 0. The van der Waals surface area contributed by atoms with Gasteiger partial charge in [-0.05, 0) is 36.5 Å². The van der Waals surface area contributed by atoms with Crippen molar-refractivity contribution in [2.75, 3.05) is 5.32 Å². The molecule has 2 aliphatic rings. The van der Waals surface area contributed by atoms with Gasteiger partial charge in [-0.25, -0.2) is 4.39 Å². The van der Waals surface area contributed by atoms with Crippen LogP contribution in [0, 0.1) is 29.5 Å². The maximum atomic E-state index is 13.1. The second kappa shape index (κ2) is 5.15. The van der Waals surface area contributed by atoms with E-state index >= 15 is 0 Å². The van der Waals surface area contributed by atoms with E-state index in [1.807, 2.05) is 12.2 Å². The van der Waals surface area contributed by atoms with Gasteiger partial charge in [0.25, 0.3) is 0 Å². The highest BCUT2D eigenvalue weighted by Crippen LogP contribution is 2.48. The van der Waals surface area contributed by atoms with E-state index < -0.39 is 23.6 Å². The van der Waals surface area contributed by atoms with Crippen LogP contribution in [-0.4, -0.2) is 17.0 Å². The molecule has 0 radical (unpaired) electrons. The molecule has 0 aromatic heterocycles. The third-order valence-electron chi connectivity index (χ3n) is 4.23. The summed E-state index contributed by atoms with van der Waals surface area (Å²) in [5.41, 5.74) is 0.363. The van der Waals surface area contributed by atoms with Crippen molar-refractivity contribution in [1.82, 2.24) is 0 Å². The highest BCUT2D eigenvalue weighted by atomic mass is 35.5. The Morgan fingerprint density at radius 3 is 2.52 bits per heavy atom. The van der Waals surface area contributed by atoms with Crippen molar-refractivity contribution in [2.45, 2.75) is 6.42 Å². The predicted octanol–water partition coefficient (Wildman–Crippen LogP) is 2.94. The standard InChI is InChI=1S/C15H13ClFNO3/c16-10-6-9(3-4-11(10)17)18-14(19)12-7-1-2-8(5-7)13(12)15(20)21/h1-4,6-8,12-13H,5H2,(H,18,19)(H,20,21). The van der Waals surface area contributed by atoms with Gasteiger partial charge in [-0.1, -0.05) is 23.8 Å². The van der Waals surface area contributed by atoms with Gasteiger partial charge < -0.3 is 10.4 Å². The number of benzene rings is 1. The zero-order valence-corrected chi connectivity index (χ0v) is 11.7. The minimum atomic E-state index is -0.955. The molecule has 1 saturated carbocycles. The van der Waals surface area contributed by atoms with Crippen LogP contribution in [-0.2, 0) is 9.59 Å². The number of anilines is 1. The van der Waals surface area contributed by atoms with E-state index in [0.717, 1.165) is 6.07 Å². The summed E-state index contributed by atoms with van der Waals surface area (Å²) in [6.45, 7) is 0. The number of hydrogen-bond donors (Lipinski definition) is 2. The van der Waals surface area contributed by atoms with Crippen LogP contribution >= 0.6 is 11.6 Å². The van der Waals surface area contributed by atoms with E-state index in [4.69, 9.17) is 11.6 Å². The third kappa shape index (κ3) is 2.42. The maximum absolute atomic E-state index is 13.1. The van der Waals surface area contributed by atoms with E-state index in [1.54, 1.807) is 0 Å². The fraction of sp³-hybridized carbons (Fsp3) is 0.333. The molecule has 3 rings (SSSR count). The molecule has 1 amide bonds. The Kier molecular flexibility index (Phi) is 3.45. The minimum absolute atomic E-state index is 0.0491. The molecule has 4 unspecified atom stereocenters. The molecular weight excluding hydrogens is 297 g/mol. The van der Waals surface area contributed by atoms with Gasteiger partial charge in [0.05, 0.1) is 16.9 Å². The number of fused-ring (bicyclic) bond motifs is 2. The molecular formula is C15H13ClFNO3. The second-order valence-electron chi connectivity index (χ2n) is 5.46. The lowest BCUT2D eigenvalue weighted by Gasteiger charge is -2.23. The molecule has 1 aromatic carbocycles. The molecule has 0 heterocycles. The fourth-order valence-corrected chi connectivity index (χ4v) is 3.50. The van der Waals surface area contributed by atoms with Gasteiger partial charge >= 0.3 is 5.97 Å². The molecule has 1 fully saturated rings. The molecule has 2 aliphatic carbocycles. The number of amides is 1. The number of carbonyl (C=O) groups is 2. The van der Waals surface area contributed by atoms with Gasteiger partial charge in [0, 0.05) is 5.69 Å². The fourth-order valence-electron chi connectivity index (χ4n) is 3.32. The Labute approximate surface area is 125 Å². The lowest BCUT2D eigenvalue weighted by Crippen LogP contribution is -2.36. The normalized spacial score (nSPS) is 29.6. The van der Waals surface area contributed by atoms with Gasteiger partial charge in [0.1, 0.15) is 5.82 Å². The predicted molar refractivity (Wildman–Crippen MR) is 75.4 cm³/mol. The Morgan fingerprint density at radius 2 is 1.90 bits per heavy atom. The van der Waals surface area contributed by atoms with Crippen LogP contribution in [0.1, 0.15) is 6.42 Å². The Balaban J connectivity index is 1.80. The molecule has 2 N–H and O–H groups in total. The van der Waals surface area contributed by atoms with Gasteiger partial charge in [-0.2, -0.15) is 0 Å². The number of nitrogens with one attached hydrogen (secondary N) is 1. The Hall–Kier alpha value is -1.88. The largest absolute Gasteiger partial charge is 0.481 e. The van der Waals surface area contributed by atoms with Crippen LogP contribution in [0.5, 0.6) is 0 Å². The first-order valence-corrected chi connectivity index (χ1v) is 7.02. The first-order chi connectivity index (χ1) is 9.97. The summed E-state index contributed by atoms with van der Waals surface area (Å²) in [6.07, 6.45) is 4.48. The molecule has 6 heteroatoms. The number of halogens is 2. The Bertz CT molecular complexity index is 646. The molecule has 0 spiro atoms. The topological polar surface area (TPSA) is 66.4 Å². The zero-order valence-electron chi connectivity index (χ0n) is 10.9. The van der Waals surface area contributed by atoms with Crippen molar-refractivity contribution in [2.24, 2.45) is 23.7 Å². The molecule has 0 aliphatic heterocycles. The average Bonchev–Trinajstić information content (AvgIpc) is 3.03. The van der Waals surface area contributed by atoms with Gasteiger partial charge in [-0.15, -0.1) is 0 Å². The summed E-state index contributed by atoms with van der Waals surface area (Å²) >= 11 is 5.67. The highest BCUT2D eigenvalue weighted by molar-refractivity contribution is 6.31. The van der Waals surface area contributed by atoms with Crippen molar-refractivity contribution in [1.29, 1.82) is 0 Å². The van der Waals surface area contributed by atoms with Crippen molar-refractivity contribution < 1.29 is 19.1 Å². The van der Waals surface area contributed by atoms with Gasteiger partial charge in [0.15, 0.2) is 0 Å². The molecule has 0 saturated heterocycles. The lowest BCUT2D eigenvalue weighted by molar-refractivity contribution is -0.146. The third-order valence-corrected chi connectivity index (χ3v) is 4.52. The van der Waals surface area contributed by atoms with Crippen LogP contribution in [0.4, 0.5) is 10.1 Å². The molecule has 21 heavy (non-hydrogen) atoms. The zero-order chi connectivity index (χ0) is 15.1. The lowest BCUT2D eigenvalue weighted by atomic mass is 9.82. The summed E-state index contributed by atoms with van der Waals surface area (Å²) in [6, 6.07) is 3.87. The van der Waals surface area contributed by atoms with Crippen molar-refractivity contribution in [3.05, 3.63) is 41.2 Å².